The second kappa shape index (κ2) is 7.79. The van der Waals surface area contributed by atoms with Gasteiger partial charge in [0.1, 0.15) is 5.75 Å². The fraction of sp³-hybridized carbons (Fsp3) is 0.533. The van der Waals surface area contributed by atoms with E-state index in [9.17, 15) is 4.79 Å². The largest absolute Gasteiger partial charge is 0.484 e. The van der Waals surface area contributed by atoms with Crippen molar-refractivity contribution in [2.45, 2.75) is 39.7 Å². The molecule has 1 amide bonds. The van der Waals surface area contributed by atoms with E-state index in [2.05, 4.69) is 5.32 Å². The lowest BCUT2D eigenvalue weighted by atomic mass is 10.1. The Kier molecular flexibility index (Phi) is 6.36. The molecule has 0 radical (unpaired) electrons. The van der Waals surface area contributed by atoms with Crippen LogP contribution in [0.15, 0.2) is 18.2 Å². The lowest BCUT2D eigenvalue weighted by Gasteiger charge is -2.10. The smallest absolute Gasteiger partial charge is 0.257 e. The van der Waals surface area contributed by atoms with Crippen molar-refractivity contribution in [3.63, 3.8) is 0 Å². The number of rotatable bonds is 7. The highest BCUT2D eigenvalue weighted by Crippen LogP contribution is 2.18. The van der Waals surface area contributed by atoms with E-state index in [0.29, 0.717) is 13.0 Å². The van der Waals surface area contributed by atoms with Gasteiger partial charge in [0.25, 0.3) is 5.91 Å². The van der Waals surface area contributed by atoms with Crippen LogP contribution in [-0.2, 0) is 4.79 Å². The summed E-state index contributed by atoms with van der Waals surface area (Å²) in [7, 11) is 0. The number of aliphatic hydroxyl groups excluding tert-OH is 1. The monoisotopic (exact) mass is 265 g/mol. The van der Waals surface area contributed by atoms with Gasteiger partial charge in [0.2, 0.25) is 0 Å². The summed E-state index contributed by atoms with van der Waals surface area (Å²) in [6.07, 6.45) is 1.15. The Hall–Kier alpha value is -1.55. The van der Waals surface area contributed by atoms with Gasteiger partial charge in [0.15, 0.2) is 6.61 Å². The Morgan fingerprint density at radius 3 is 2.79 bits per heavy atom. The molecule has 4 nitrogen and oxygen atoms in total. The zero-order valence-electron chi connectivity index (χ0n) is 11.9. The molecular formula is C15H23NO3. The summed E-state index contributed by atoms with van der Waals surface area (Å²) in [6, 6.07) is 5.87. The summed E-state index contributed by atoms with van der Waals surface area (Å²) in [5, 5.41) is 11.8. The number of aliphatic hydroxyl groups is 1. The molecule has 0 aromatic heterocycles. The average molecular weight is 265 g/mol. The first-order valence-corrected chi connectivity index (χ1v) is 6.64. The zero-order chi connectivity index (χ0) is 14.3. The first-order chi connectivity index (χ1) is 8.99. The minimum absolute atomic E-state index is 0.0264. The van der Waals surface area contributed by atoms with Crippen LogP contribution in [0.3, 0.4) is 0 Å². The van der Waals surface area contributed by atoms with Gasteiger partial charge in [-0.2, -0.15) is 0 Å². The van der Waals surface area contributed by atoms with Crippen LogP contribution in [0.4, 0.5) is 0 Å². The number of nitrogens with one attached hydrogen (secondary N) is 1. The summed E-state index contributed by atoms with van der Waals surface area (Å²) in [4.78, 5) is 11.5. The van der Waals surface area contributed by atoms with E-state index in [1.807, 2.05) is 32.0 Å². The van der Waals surface area contributed by atoms with E-state index in [-0.39, 0.29) is 18.6 Å². The Bertz CT molecular complexity index is 416. The SMILES string of the molecule is Cc1ccc(OCC(=O)NCCCC(C)O)c(C)c1. The van der Waals surface area contributed by atoms with Crippen molar-refractivity contribution in [3.8, 4) is 5.75 Å². The standard InChI is InChI=1S/C15H23NO3/c1-11-6-7-14(12(2)9-11)19-10-15(18)16-8-4-5-13(3)17/h6-7,9,13,17H,4-5,8,10H2,1-3H3,(H,16,18). The maximum Gasteiger partial charge on any atom is 0.257 e. The lowest BCUT2D eigenvalue weighted by molar-refractivity contribution is -0.123. The van der Waals surface area contributed by atoms with Gasteiger partial charge in [0.05, 0.1) is 6.10 Å². The third-order valence-corrected chi connectivity index (χ3v) is 2.81. The van der Waals surface area contributed by atoms with Crippen LogP contribution in [0.2, 0.25) is 0 Å². The molecule has 0 aliphatic heterocycles. The Balaban J connectivity index is 2.26. The number of hydrogen-bond acceptors (Lipinski definition) is 3. The highest BCUT2D eigenvalue weighted by atomic mass is 16.5. The number of benzene rings is 1. The Morgan fingerprint density at radius 1 is 1.42 bits per heavy atom. The molecule has 1 aromatic rings. The molecule has 4 heteroatoms. The normalized spacial score (nSPS) is 12.0. The summed E-state index contributed by atoms with van der Waals surface area (Å²) in [6.45, 7) is 6.32. The Labute approximate surface area is 114 Å². The number of ether oxygens (including phenoxy) is 1. The van der Waals surface area contributed by atoms with Gasteiger partial charge in [0, 0.05) is 6.54 Å². The molecule has 0 bridgehead atoms. The summed E-state index contributed by atoms with van der Waals surface area (Å²) in [5.74, 6) is 0.607. The minimum atomic E-state index is -0.316. The lowest BCUT2D eigenvalue weighted by Crippen LogP contribution is -2.30. The van der Waals surface area contributed by atoms with Gasteiger partial charge in [-0.1, -0.05) is 17.7 Å². The fourth-order valence-electron chi connectivity index (χ4n) is 1.78. The summed E-state index contributed by atoms with van der Waals surface area (Å²) < 4.78 is 5.47. The molecule has 0 heterocycles. The molecule has 106 valence electrons. The number of carbonyl (C=O) groups excluding carboxylic acids is 1. The molecule has 0 saturated heterocycles. The van der Waals surface area contributed by atoms with Crippen LogP contribution >= 0.6 is 0 Å². The van der Waals surface area contributed by atoms with Crippen molar-refractivity contribution >= 4 is 5.91 Å². The van der Waals surface area contributed by atoms with E-state index >= 15 is 0 Å². The molecule has 1 unspecified atom stereocenters. The quantitative estimate of drug-likeness (QED) is 0.741. The van der Waals surface area contributed by atoms with E-state index in [0.717, 1.165) is 17.7 Å². The molecule has 0 spiro atoms. The summed E-state index contributed by atoms with van der Waals surface area (Å²) >= 11 is 0. The van der Waals surface area contributed by atoms with Crippen molar-refractivity contribution in [3.05, 3.63) is 29.3 Å². The molecular weight excluding hydrogens is 242 g/mol. The van der Waals surface area contributed by atoms with Crippen LogP contribution in [0.1, 0.15) is 30.9 Å². The van der Waals surface area contributed by atoms with Crippen molar-refractivity contribution in [2.24, 2.45) is 0 Å². The highest BCUT2D eigenvalue weighted by Gasteiger charge is 2.05. The topological polar surface area (TPSA) is 58.6 Å². The number of amides is 1. The molecule has 1 rings (SSSR count). The van der Waals surface area contributed by atoms with Crippen molar-refractivity contribution in [2.75, 3.05) is 13.2 Å². The van der Waals surface area contributed by atoms with Crippen molar-refractivity contribution in [1.82, 2.24) is 5.32 Å². The number of carbonyl (C=O) groups is 1. The van der Waals surface area contributed by atoms with E-state index in [1.54, 1.807) is 6.92 Å². The van der Waals surface area contributed by atoms with Gasteiger partial charge in [-0.15, -0.1) is 0 Å². The van der Waals surface area contributed by atoms with Crippen LogP contribution in [-0.4, -0.2) is 30.3 Å². The second-order valence-electron chi connectivity index (χ2n) is 4.90. The molecule has 1 atom stereocenters. The van der Waals surface area contributed by atoms with Crippen LogP contribution in [0, 0.1) is 13.8 Å². The maximum atomic E-state index is 11.5. The Morgan fingerprint density at radius 2 is 2.16 bits per heavy atom. The third kappa shape index (κ3) is 6.25. The summed E-state index contributed by atoms with van der Waals surface area (Å²) in [5.41, 5.74) is 2.20. The van der Waals surface area contributed by atoms with Crippen molar-refractivity contribution < 1.29 is 14.6 Å². The maximum absolute atomic E-state index is 11.5. The number of aryl methyl sites for hydroxylation is 2. The zero-order valence-corrected chi connectivity index (χ0v) is 11.9. The van der Waals surface area contributed by atoms with Gasteiger partial charge < -0.3 is 15.2 Å². The minimum Gasteiger partial charge on any atom is -0.484 e. The first-order valence-electron chi connectivity index (χ1n) is 6.64. The molecule has 1 aromatic carbocycles. The van der Waals surface area contributed by atoms with Gasteiger partial charge in [-0.25, -0.2) is 0 Å². The van der Waals surface area contributed by atoms with E-state index in [1.165, 1.54) is 5.56 Å². The first kappa shape index (κ1) is 15.5. The molecule has 0 aliphatic carbocycles. The predicted molar refractivity (Wildman–Crippen MR) is 75.3 cm³/mol. The fourth-order valence-corrected chi connectivity index (χ4v) is 1.78. The molecule has 0 saturated carbocycles. The van der Waals surface area contributed by atoms with Crippen LogP contribution in [0.25, 0.3) is 0 Å². The second-order valence-corrected chi connectivity index (χ2v) is 4.90. The predicted octanol–water partition coefficient (Wildman–Crippen LogP) is 1.96. The van der Waals surface area contributed by atoms with Gasteiger partial charge in [-0.05, 0) is 45.2 Å². The highest BCUT2D eigenvalue weighted by molar-refractivity contribution is 5.77. The third-order valence-electron chi connectivity index (χ3n) is 2.81. The molecule has 2 N–H and O–H groups in total. The van der Waals surface area contributed by atoms with Crippen LogP contribution < -0.4 is 10.1 Å². The molecule has 0 aliphatic rings. The van der Waals surface area contributed by atoms with Crippen LogP contribution in [0.5, 0.6) is 5.75 Å². The molecule has 0 fully saturated rings. The van der Waals surface area contributed by atoms with E-state index < -0.39 is 0 Å². The van der Waals surface area contributed by atoms with Gasteiger partial charge >= 0.3 is 0 Å². The van der Waals surface area contributed by atoms with Gasteiger partial charge in [-0.3, -0.25) is 4.79 Å². The van der Waals surface area contributed by atoms with E-state index in [4.69, 9.17) is 9.84 Å². The molecule has 19 heavy (non-hydrogen) atoms. The average Bonchev–Trinajstić information content (AvgIpc) is 2.33. The number of hydrogen-bond donors (Lipinski definition) is 2. The van der Waals surface area contributed by atoms with Crippen molar-refractivity contribution in [1.29, 1.82) is 0 Å².